The fraction of sp³-hybridized carbons (Fsp3) is 0.583. The second kappa shape index (κ2) is 6.00. The lowest BCUT2D eigenvalue weighted by Crippen LogP contribution is -2.14. The molecule has 9 heteroatoms. The molecular weight excluding hydrogens is 274 g/mol. The monoisotopic (exact) mass is 291 g/mol. The van der Waals surface area contributed by atoms with E-state index in [1.54, 1.807) is 0 Å². The zero-order valence-corrected chi connectivity index (χ0v) is 11.7. The molecule has 0 aliphatic carbocycles. The molecule has 1 aliphatic heterocycles. The number of nitrogens with one attached hydrogen (secondary N) is 3. The summed E-state index contributed by atoms with van der Waals surface area (Å²) in [6.07, 6.45) is 3.71. The number of carbonyl (C=O) groups is 1. The quantitative estimate of drug-likeness (QED) is 0.745. The Morgan fingerprint density at radius 2 is 2.38 bits per heavy atom. The summed E-state index contributed by atoms with van der Waals surface area (Å²) in [5, 5.41) is 20.1. The third-order valence-corrected chi connectivity index (χ3v) is 3.24. The molecule has 112 valence electrons. The van der Waals surface area contributed by atoms with E-state index in [0.717, 1.165) is 32.2 Å². The molecule has 3 heterocycles. The Balaban J connectivity index is 1.63. The zero-order chi connectivity index (χ0) is 14.7. The van der Waals surface area contributed by atoms with Crippen molar-refractivity contribution in [2.45, 2.75) is 38.6 Å². The van der Waals surface area contributed by atoms with Crippen molar-refractivity contribution in [3.05, 3.63) is 17.5 Å². The van der Waals surface area contributed by atoms with Crippen molar-refractivity contribution < 1.29 is 9.21 Å². The van der Waals surface area contributed by atoms with E-state index in [0.29, 0.717) is 11.7 Å². The van der Waals surface area contributed by atoms with E-state index in [9.17, 15) is 4.79 Å². The third-order valence-electron chi connectivity index (χ3n) is 3.24. The van der Waals surface area contributed by atoms with Gasteiger partial charge >= 0.3 is 6.01 Å². The molecule has 0 saturated carbocycles. The van der Waals surface area contributed by atoms with Gasteiger partial charge < -0.3 is 9.73 Å². The molecule has 2 aromatic rings. The van der Waals surface area contributed by atoms with Crippen molar-refractivity contribution in [3.8, 4) is 0 Å². The average Bonchev–Trinajstić information content (AvgIpc) is 3.20. The topological polar surface area (TPSA) is 122 Å². The Bertz CT molecular complexity index is 615. The molecule has 3 rings (SSSR count). The second-order valence-corrected chi connectivity index (χ2v) is 4.90. The van der Waals surface area contributed by atoms with Gasteiger partial charge in [0.2, 0.25) is 11.7 Å². The van der Waals surface area contributed by atoms with Crippen LogP contribution >= 0.6 is 0 Å². The molecule has 1 saturated heterocycles. The molecular formula is C12H17N7O2. The van der Waals surface area contributed by atoms with Crippen molar-refractivity contribution in [2.75, 3.05) is 11.9 Å². The predicted octanol–water partition coefficient (Wildman–Crippen LogP) is 0.817. The number of anilines is 1. The normalized spacial score (nSPS) is 18.0. The maximum absolute atomic E-state index is 12.0. The number of hydrogen-bond donors (Lipinski definition) is 3. The fourth-order valence-corrected chi connectivity index (χ4v) is 2.22. The minimum Gasteiger partial charge on any atom is -0.406 e. The standard InChI is InChI=1S/C12H17N7O2/c1-2-4-8-14-9(17-16-8)10(20)15-12-19-18-11(21-12)7-5-3-6-13-7/h7,13H,2-6H2,1H3,(H,14,16,17)(H,15,19,20). The lowest BCUT2D eigenvalue weighted by Gasteiger charge is -2.02. The van der Waals surface area contributed by atoms with Crippen LogP contribution in [-0.4, -0.2) is 37.8 Å². The number of nitrogens with zero attached hydrogens (tertiary/aromatic N) is 4. The summed E-state index contributed by atoms with van der Waals surface area (Å²) in [6.45, 7) is 2.96. The zero-order valence-electron chi connectivity index (χ0n) is 11.7. The minimum atomic E-state index is -0.469. The van der Waals surface area contributed by atoms with Gasteiger partial charge in [0, 0.05) is 6.42 Å². The first-order chi connectivity index (χ1) is 10.3. The molecule has 0 spiro atoms. The van der Waals surface area contributed by atoms with Gasteiger partial charge in [-0.05, 0) is 25.8 Å². The fourth-order valence-electron chi connectivity index (χ4n) is 2.22. The van der Waals surface area contributed by atoms with Crippen molar-refractivity contribution in [1.82, 2.24) is 30.7 Å². The maximum Gasteiger partial charge on any atom is 0.322 e. The van der Waals surface area contributed by atoms with Gasteiger partial charge in [-0.25, -0.2) is 4.98 Å². The van der Waals surface area contributed by atoms with Crippen LogP contribution in [0.15, 0.2) is 4.42 Å². The first-order valence-electron chi connectivity index (χ1n) is 7.05. The molecule has 0 aromatic carbocycles. The Morgan fingerprint density at radius 1 is 1.48 bits per heavy atom. The molecule has 2 aromatic heterocycles. The number of rotatable bonds is 5. The molecule has 0 radical (unpaired) electrons. The highest BCUT2D eigenvalue weighted by Crippen LogP contribution is 2.22. The van der Waals surface area contributed by atoms with E-state index in [1.807, 2.05) is 6.92 Å². The van der Waals surface area contributed by atoms with E-state index >= 15 is 0 Å². The molecule has 0 bridgehead atoms. The van der Waals surface area contributed by atoms with Crippen molar-refractivity contribution >= 4 is 11.9 Å². The van der Waals surface area contributed by atoms with Crippen LogP contribution in [0.2, 0.25) is 0 Å². The number of amides is 1. The summed E-state index contributed by atoms with van der Waals surface area (Å²) in [5.41, 5.74) is 0. The summed E-state index contributed by atoms with van der Waals surface area (Å²) < 4.78 is 5.43. The molecule has 1 unspecified atom stereocenters. The van der Waals surface area contributed by atoms with Crippen molar-refractivity contribution in [1.29, 1.82) is 0 Å². The van der Waals surface area contributed by atoms with Gasteiger partial charge in [0.1, 0.15) is 5.82 Å². The molecule has 1 aliphatic rings. The SMILES string of the molecule is CCCc1nc(C(=O)Nc2nnc(C3CCCN3)o2)n[nH]1. The van der Waals surface area contributed by atoms with Gasteiger partial charge in [0.05, 0.1) is 6.04 Å². The van der Waals surface area contributed by atoms with Crippen molar-refractivity contribution in [3.63, 3.8) is 0 Å². The van der Waals surface area contributed by atoms with Gasteiger partial charge in [0.25, 0.3) is 5.91 Å². The Kier molecular flexibility index (Phi) is 3.91. The highest BCUT2D eigenvalue weighted by Gasteiger charge is 2.23. The Hall–Kier alpha value is -2.29. The smallest absolute Gasteiger partial charge is 0.322 e. The molecule has 3 N–H and O–H groups in total. The summed E-state index contributed by atoms with van der Waals surface area (Å²) >= 11 is 0. The highest BCUT2D eigenvalue weighted by molar-refractivity contribution is 6.00. The van der Waals surface area contributed by atoms with E-state index in [4.69, 9.17) is 4.42 Å². The third kappa shape index (κ3) is 3.07. The summed E-state index contributed by atoms with van der Waals surface area (Å²) in [7, 11) is 0. The summed E-state index contributed by atoms with van der Waals surface area (Å²) in [5.74, 6) is 0.772. The van der Waals surface area contributed by atoms with Crippen LogP contribution in [0, 0.1) is 0 Å². The molecule has 21 heavy (non-hydrogen) atoms. The Morgan fingerprint density at radius 3 is 3.14 bits per heavy atom. The van der Waals surface area contributed by atoms with Crippen LogP contribution in [-0.2, 0) is 6.42 Å². The van der Waals surface area contributed by atoms with Crippen LogP contribution < -0.4 is 10.6 Å². The van der Waals surface area contributed by atoms with Crippen LogP contribution in [0.25, 0.3) is 0 Å². The number of aryl methyl sites for hydroxylation is 1. The van der Waals surface area contributed by atoms with Gasteiger partial charge in [-0.1, -0.05) is 12.0 Å². The average molecular weight is 291 g/mol. The predicted molar refractivity (Wildman–Crippen MR) is 72.6 cm³/mol. The number of H-pyrrole nitrogens is 1. The van der Waals surface area contributed by atoms with E-state index in [1.165, 1.54) is 0 Å². The van der Waals surface area contributed by atoms with Gasteiger partial charge in [-0.2, -0.15) is 0 Å². The molecule has 1 amide bonds. The highest BCUT2D eigenvalue weighted by atomic mass is 16.4. The lowest BCUT2D eigenvalue weighted by atomic mass is 10.2. The van der Waals surface area contributed by atoms with E-state index < -0.39 is 5.91 Å². The van der Waals surface area contributed by atoms with E-state index in [2.05, 4.69) is 36.0 Å². The molecule has 1 atom stereocenters. The van der Waals surface area contributed by atoms with Gasteiger partial charge in [-0.3, -0.25) is 15.2 Å². The van der Waals surface area contributed by atoms with Crippen LogP contribution in [0.1, 0.15) is 54.6 Å². The van der Waals surface area contributed by atoms with Gasteiger partial charge in [-0.15, -0.1) is 10.2 Å². The number of aromatic nitrogens is 5. The van der Waals surface area contributed by atoms with Crippen molar-refractivity contribution in [2.24, 2.45) is 0 Å². The van der Waals surface area contributed by atoms with Gasteiger partial charge in [0.15, 0.2) is 0 Å². The summed E-state index contributed by atoms with van der Waals surface area (Å²) in [6, 6.07) is 0.133. The van der Waals surface area contributed by atoms with Crippen LogP contribution in [0.5, 0.6) is 0 Å². The molecule has 9 nitrogen and oxygen atoms in total. The van der Waals surface area contributed by atoms with Crippen LogP contribution in [0.4, 0.5) is 6.01 Å². The first-order valence-corrected chi connectivity index (χ1v) is 7.05. The molecule has 1 fully saturated rings. The lowest BCUT2D eigenvalue weighted by molar-refractivity contribution is 0.101. The number of hydrogen-bond acceptors (Lipinski definition) is 7. The minimum absolute atomic E-state index is 0.0607. The summed E-state index contributed by atoms with van der Waals surface area (Å²) in [4.78, 5) is 16.1. The van der Waals surface area contributed by atoms with Crippen LogP contribution in [0.3, 0.4) is 0 Å². The first kappa shape index (κ1) is 13.7. The van der Waals surface area contributed by atoms with E-state index in [-0.39, 0.29) is 17.9 Å². The largest absolute Gasteiger partial charge is 0.406 e. The number of carbonyl (C=O) groups excluding carboxylic acids is 1. The maximum atomic E-state index is 12.0. The second-order valence-electron chi connectivity index (χ2n) is 4.90. The Labute approximate surface area is 120 Å². The number of aromatic amines is 1.